The molecule has 0 saturated heterocycles. The van der Waals surface area contributed by atoms with Gasteiger partial charge in [0.25, 0.3) is 0 Å². The minimum absolute atomic E-state index is 0.0942. The van der Waals surface area contributed by atoms with E-state index in [-0.39, 0.29) is 6.10 Å². The van der Waals surface area contributed by atoms with Crippen molar-refractivity contribution in [1.82, 2.24) is 10.2 Å². The van der Waals surface area contributed by atoms with Gasteiger partial charge in [0.1, 0.15) is 0 Å². The number of nitrogens with two attached hydrogens (primary N) is 1. The van der Waals surface area contributed by atoms with E-state index >= 15 is 0 Å². The number of hydrogen-bond acceptors (Lipinski definition) is 4. The molecule has 1 rings (SSSR count). The van der Waals surface area contributed by atoms with E-state index in [1.54, 1.807) is 0 Å². The lowest BCUT2D eigenvalue weighted by Crippen LogP contribution is -2.13. The molecule has 4 nitrogen and oxygen atoms in total. The normalized spacial score (nSPS) is 10.7. The van der Waals surface area contributed by atoms with Crippen molar-refractivity contribution >= 4 is 0 Å². The van der Waals surface area contributed by atoms with Crippen molar-refractivity contribution in [2.24, 2.45) is 5.73 Å². The van der Waals surface area contributed by atoms with Crippen LogP contribution in [0.5, 0.6) is 5.88 Å². The lowest BCUT2D eigenvalue weighted by atomic mass is 10.1. The van der Waals surface area contributed by atoms with Gasteiger partial charge in [-0.05, 0) is 33.3 Å². The van der Waals surface area contributed by atoms with E-state index in [9.17, 15) is 0 Å². The molecule has 0 radical (unpaired) electrons. The van der Waals surface area contributed by atoms with E-state index < -0.39 is 0 Å². The molecule has 0 saturated carbocycles. The number of hydrogen-bond donors (Lipinski definition) is 1. The van der Waals surface area contributed by atoms with Crippen LogP contribution in [0.25, 0.3) is 0 Å². The summed E-state index contributed by atoms with van der Waals surface area (Å²) in [5.41, 5.74) is 8.57. The molecule has 0 fully saturated rings. The first-order valence-electron chi connectivity index (χ1n) is 4.75. The summed E-state index contributed by atoms with van der Waals surface area (Å²) in [7, 11) is 0. The van der Waals surface area contributed by atoms with Crippen LogP contribution in [0, 0.1) is 13.8 Å². The van der Waals surface area contributed by atoms with Gasteiger partial charge in [-0.2, -0.15) is 5.10 Å². The Labute approximate surface area is 84.5 Å². The topological polar surface area (TPSA) is 61.0 Å². The third kappa shape index (κ3) is 2.20. The molecule has 0 unspecified atom stereocenters. The average molecular weight is 195 g/mol. The van der Waals surface area contributed by atoms with Crippen molar-refractivity contribution in [1.29, 1.82) is 0 Å². The second kappa shape index (κ2) is 4.37. The fourth-order valence-corrected chi connectivity index (χ4v) is 1.19. The first kappa shape index (κ1) is 10.9. The SMILES string of the molecule is Cc1nnc(OC(C)C)c(CN)c1C. The van der Waals surface area contributed by atoms with E-state index in [1.165, 1.54) is 0 Å². The fourth-order valence-electron chi connectivity index (χ4n) is 1.19. The molecule has 4 heteroatoms. The van der Waals surface area contributed by atoms with E-state index in [0.29, 0.717) is 12.4 Å². The van der Waals surface area contributed by atoms with Gasteiger partial charge in [0.05, 0.1) is 11.8 Å². The Morgan fingerprint density at radius 2 is 1.93 bits per heavy atom. The maximum atomic E-state index is 5.65. The molecule has 14 heavy (non-hydrogen) atoms. The Kier molecular flexibility index (Phi) is 3.41. The van der Waals surface area contributed by atoms with Crippen molar-refractivity contribution < 1.29 is 4.74 Å². The van der Waals surface area contributed by atoms with Crippen LogP contribution < -0.4 is 10.5 Å². The van der Waals surface area contributed by atoms with Gasteiger partial charge in [0.2, 0.25) is 5.88 Å². The third-order valence-corrected chi connectivity index (χ3v) is 2.10. The third-order valence-electron chi connectivity index (χ3n) is 2.10. The number of ether oxygens (including phenoxy) is 1. The second-order valence-corrected chi connectivity index (χ2v) is 3.56. The zero-order chi connectivity index (χ0) is 10.7. The van der Waals surface area contributed by atoms with Crippen LogP contribution in [0.4, 0.5) is 0 Å². The summed E-state index contributed by atoms with van der Waals surface area (Å²) in [6.07, 6.45) is 0.0942. The van der Waals surface area contributed by atoms with Gasteiger partial charge in [-0.25, -0.2) is 0 Å². The molecule has 0 atom stereocenters. The van der Waals surface area contributed by atoms with Crippen LogP contribution in [0.15, 0.2) is 0 Å². The van der Waals surface area contributed by atoms with Gasteiger partial charge in [-0.3, -0.25) is 0 Å². The molecule has 0 spiro atoms. The van der Waals surface area contributed by atoms with Crippen LogP contribution in [-0.4, -0.2) is 16.3 Å². The molecule has 0 aliphatic heterocycles. The van der Waals surface area contributed by atoms with Crippen molar-refractivity contribution in [3.05, 3.63) is 16.8 Å². The highest BCUT2D eigenvalue weighted by molar-refractivity contribution is 5.35. The van der Waals surface area contributed by atoms with Crippen LogP contribution in [-0.2, 0) is 6.54 Å². The molecule has 0 aliphatic rings. The van der Waals surface area contributed by atoms with Crippen molar-refractivity contribution in [2.45, 2.75) is 40.3 Å². The van der Waals surface area contributed by atoms with Gasteiger partial charge < -0.3 is 10.5 Å². The minimum atomic E-state index is 0.0942. The summed E-state index contributed by atoms with van der Waals surface area (Å²) < 4.78 is 5.52. The molecule has 0 aromatic carbocycles. The number of aromatic nitrogens is 2. The second-order valence-electron chi connectivity index (χ2n) is 3.56. The maximum absolute atomic E-state index is 5.65. The Hall–Kier alpha value is -1.16. The number of nitrogens with zero attached hydrogens (tertiary/aromatic N) is 2. The molecular formula is C10H17N3O. The molecule has 78 valence electrons. The lowest BCUT2D eigenvalue weighted by Gasteiger charge is -2.14. The minimum Gasteiger partial charge on any atom is -0.474 e. The monoisotopic (exact) mass is 195 g/mol. The van der Waals surface area contributed by atoms with Gasteiger partial charge >= 0.3 is 0 Å². The average Bonchev–Trinajstić information content (AvgIpc) is 2.11. The highest BCUT2D eigenvalue weighted by Crippen LogP contribution is 2.20. The number of aryl methyl sites for hydroxylation is 1. The summed E-state index contributed by atoms with van der Waals surface area (Å²) in [5, 5.41) is 8.01. The van der Waals surface area contributed by atoms with Crippen LogP contribution in [0.1, 0.15) is 30.7 Å². The molecule has 1 heterocycles. The highest BCUT2D eigenvalue weighted by atomic mass is 16.5. The molecule has 0 amide bonds. The zero-order valence-corrected chi connectivity index (χ0v) is 9.16. The molecule has 0 aliphatic carbocycles. The lowest BCUT2D eigenvalue weighted by molar-refractivity contribution is 0.227. The van der Waals surface area contributed by atoms with Crippen molar-refractivity contribution in [3.8, 4) is 5.88 Å². The molecular weight excluding hydrogens is 178 g/mol. The molecule has 0 bridgehead atoms. The van der Waals surface area contributed by atoms with Crippen LogP contribution in [0.2, 0.25) is 0 Å². The highest BCUT2D eigenvalue weighted by Gasteiger charge is 2.11. The maximum Gasteiger partial charge on any atom is 0.238 e. The molecule has 1 aromatic rings. The van der Waals surface area contributed by atoms with Crippen molar-refractivity contribution in [3.63, 3.8) is 0 Å². The van der Waals surface area contributed by atoms with Gasteiger partial charge in [-0.1, -0.05) is 0 Å². The Morgan fingerprint density at radius 3 is 2.43 bits per heavy atom. The summed E-state index contributed by atoms with van der Waals surface area (Å²) in [6, 6.07) is 0. The fraction of sp³-hybridized carbons (Fsp3) is 0.600. The Bertz CT molecular complexity index is 323. The van der Waals surface area contributed by atoms with Gasteiger partial charge in [0, 0.05) is 12.1 Å². The predicted octanol–water partition coefficient (Wildman–Crippen LogP) is 1.34. The Balaban J connectivity index is 3.10. The van der Waals surface area contributed by atoms with Crippen molar-refractivity contribution in [2.75, 3.05) is 0 Å². The first-order valence-corrected chi connectivity index (χ1v) is 4.75. The summed E-state index contributed by atoms with van der Waals surface area (Å²) >= 11 is 0. The smallest absolute Gasteiger partial charge is 0.238 e. The predicted molar refractivity (Wildman–Crippen MR) is 55.2 cm³/mol. The van der Waals surface area contributed by atoms with E-state index in [2.05, 4.69) is 10.2 Å². The first-order chi connectivity index (χ1) is 6.56. The summed E-state index contributed by atoms with van der Waals surface area (Å²) in [5.74, 6) is 0.561. The zero-order valence-electron chi connectivity index (χ0n) is 9.16. The van der Waals surface area contributed by atoms with E-state index in [1.807, 2.05) is 27.7 Å². The Morgan fingerprint density at radius 1 is 1.29 bits per heavy atom. The quantitative estimate of drug-likeness (QED) is 0.790. The van der Waals surface area contributed by atoms with E-state index in [0.717, 1.165) is 16.8 Å². The summed E-state index contributed by atoms with van der Waals surface area (Å²) in [4.78, 5) is 0. The summed E-state index contributed by atoms with van der Waals surface area (Å²) in [6.45, 7) is 8.25. The standard InChI is InChI=1S/C10H17N3O/c1-6(2)14-10-9(5-11)7(3)8(4)12-13-10/h6H,5,11H2,1-4H3. The number of rotatable bonds is 3. The molecule has 1 aromatic heterocycles. The van der Waals surface area contributed by atoms with Crippen LogP contribution >= 0.6 is 0 Å². The van der Waals surface area contributed by atoms with Gasteiger partial charge in [-0.15, -0.1) is 5.10 Å². The van der Waals surface area contributed by atoms with E-state index in [4.69, 9.17) is 10.5 Å². The molecule has 2 N–H and O–H groups in total. The van der Waals surface area contributed by atoms with Crippen LogP contribution in [0.3, 0.4) is 0 Å². The van der Waals surface area contributed by atoms with Gasteiger partial charge in [0.15, 0.2) is 0 Å². The largest absolute Gasteiger partial charge is 0.474 e.